The number of nitrogens with zero attached hydrogens (tertiary/aromatic N) is 6. The first kappa shape index (κ1) is 20.4. The molecule has 8 heteroatoms. The summed E-state index contributed by atoms with van der Waals surface area (Å²) < 4.78 is 5.80. The molecule has 0 spiro atoms. The fraction of sp³-hybridized carbons (Fsp3) is 0.500. The molecule has 0 N–H and O–H groups in total. The Morgan fingerprint density at radius 3 is 2.07 bits per heavy atom. The molecule has 2 saturated heterocycles. The van der Waals surface area contributed by atoms with Crippen LogP contribution in [-0.4, -0.2) is 91.2 Å². The van der Waals surface area contributed by atoms with Crippen molar-refractivity contribution in [3.8, 4) is 5.75 Å². The molecule has 1 aromatic carbocycles. The Kier molecular flexibility index (Phi) is 6.32. The van der Waals surface area contributed by atoms with Gasteiger partial charge in [-0.05, 0) is 26.1 Å². The van der Waals surface area contributed by atoms with E-state index in [-0.39, 0.29) is 5.91 Å². The number of para-hydroxylation sites is 1. The maximum Gasteiger partial charge on any atom is 0.263 e. The van der Waals surface area contributed by atoms with E-state index in [1.54, 1.807) is 6.33 Å². The van der Waals surface area contributed by atoms with Gasteiger partial charge in [-0.15, -0.1) is 0 Å². The van der Waals surface area contributed by atoms with Gasteiger partial charge in [-0.1, -0.05) is 18.2 Å². The van der Waals surface area contributed by atoms with Crippen LogP contribution in [0.15, 0.2) is 42.7 Å². The lowest BCUT2D eigenvalue weighted by molar-refractivity contribution is -0.138. The molecule has 1 atom stereocenters. The van der Waals surface area contributed by atoms with E-state index in [1.807, 2.05) is 42.2 Å². The van der Waals surface area contributed by atoms with E-state index in [0.29, 0.717) is 13.1 Å². The average Bonchev–Trinajstić information content (AvgIpc) is 2.80. The molecule has 0 radical (unpaired) electrons. The number of hydrogen-bond acceptors (Lipinski definition) is 7. The highest BCUT2D eigenvalue weighted by Gasteiger charge is 2.27. The minimum absolute atomic E-state index is 0.0271. The highest BCUT2D eigenvalue weighted by molar-refractivity contribution is 5.81. The summed E-state index contributed by atoms with van der Waals surface area (Å²) in [6.45, 7) is 8.69. The van der Waals surface area contributed by atoms with Crippen LogP contribution in [0.4, 0.5) is 11.6 Å². The van der Waals surface area contributed by atoms with Gasteiger partial charge in [-0.25, -0.2) is 9.97 Å². The smallest absolute Gasteiger partial charge is 0.263 e. The molecular weight excluding hydrogens is 380 g/mol. The molecular formula is C22H30N6O2. The molecule has 1 unspecified atom stereocenters. The monoisotopic (exact) mass is 410 g/mol. The van der Waals surface area contributed by atoms with Crippen LogP contribution in [0.5, 0.6) is 5.75 Å². The summed E-state index contributed by atoms with van der Waals surface area (Å²) in [6, 6.07) is 11.6. The van der Waals surface area contributed by atoms with Crippen molar-refractivity contribution in [2.75, 3.05) is 69.2 Å². The van der Waals surface area contributed by atoms with Crippen LogP contribution in [0.1, 0.15) is 6.92 Å². The number of amides is 1. The van der Waals surface area contributed by atoms with Crippen LogP contribution in [0.3, 0.4) is 0 Å². The highest BCUT2D eigenvalue weighted by atomic mass is 16.5. The number of piperazine rings is 2. The number of likely N-dealkylation sites (N-methyl/N-ethyl adjacent to an activating group) is 1. The predicted octanol–water partition coefficient (Wildman–Crippen LogP) is 1.34. The van der Waals surface area contributed by atoms with Gasteiger partial charge >= 0.3 is 0 Å². The minimum Gasteiger partial charge on any atom is -0.481 e. The van der Waals surface area contributed by atoms with E-state index in [1.165, 1.54) is 0 Å². The van der Waals surface area contributed by atoms with Gasteiger partial charge in [-0.2, -0.15) is 0 Å². The van der Waals surface area contributed by atoms with Crippen LogP contribution in [0.25, 0.3) is 0 Å². The average molecular weight is 411 g/mol. The summed E-state index contributed by atoms with van der Waals surface area (Å²) in [5, 5.41) is 0. The fourth-order valence-corrected chi connectivity index (χ4v) is 3.89. The Morgan fingerprint density at radius 1 is 0.900 bits per heavy atom. The number of anilines is 2. The summed E-state index contributed by atoms with van der Waals surface area (Å²) >= 11 is 0. The molecule has 2 aliphatic rings. The van der Waals surface area contributed by atoms with Crippen molar-refractivity contribution >= 4 is 17.5 Å². The molecule has 1 aromatic heterocycles. The number of aromatic nitrogens is 2. The second-order valence-electron chi connectivity index (χ2n) is 7.91. The summed E-state index contributed by atoms with van der Waals surface area (Å²) in [4.78, 5) is 30.5. The highest BCUT2D eigenvalue weighted by Crippen LogP contribution is 2.20. The van der Waals surface area contributed by atoms with Gasteiger partial charge in [-0.3, -0.25) is 4.79 Å². The third-order valence-corrected chi connectivity index (χ3v) is 5.78. The van der Waals surface area contributed by atoms with Gasteiger partial charge in [0.1, 0.15) is 23.7 Å². The first-order valence-electron chi connectivity index (χ1n) is 10.6. The number of carbonyl (C=O) groups excluding carboxylic acids is 1. The van der Waals surface area contributed by atoms with Crippen molar-refractivity contribution in [3.63, 3.8) is 0 Å². The normalized spacial score (nSPS) is 18.9. The van der Waals surface area contributed by atoms with Crippen molar-refractivity contribution in [2.45, 2.75) is 13.0 Å². The van der Waals surface area contributed by atoms with E-state index in [0.717, 1.165) is 56.7 Å². The SMILES string of the molecule is CC(Oc1ccccc1)C(=O)N1CCN(c2cc(N3CCN(C)CC3)ncn2)CC1. The Morgan fingerprint density at radius 2 is 1.47 bits per heavy atom. The first-order valence-corrected chi connectivity index (χ1v) is 10.6. The number of benzene rings is 1. The van der Waals surface area contributed by atoms with Crippen LogP contribution in [-0.2, 0) is 4.79 Å². The number of ether oxygens (including phenoxy) is 1. The van der Waals surface area contributed by atoms with Gasteiger partial charge in [0.2, 0.25) is 0 Å². The molecule has 4 rings (SSSR count). The van der Waals surface area contributed by atoms with E-state index >= 15 is 0 Å². The lowest BCUT2D eigenvalue weighted by Gasteiger charge is -2.37. The van der Waals surface area contributed by atoms with Crippen molar-refractivity contribution in [1.82, 2.24) is 19.8 Å². The summed E-state index contributed by atoms with van der Waals surface area (Å²) in [6.07, 6.45) is 1.15. The maximum absolute atomic E-state index is 12.8. The van der Waals surface area contributed by atoms with E-state index in [9.17, 15) is 4.79 Å². The Labute approximate surface area is 178 Å². The molecule has 2 aromatic rings. The standard InChI is InChI=1S/C22H30N6O2/c1-18(30-19-6-4-3-5-7-19)22(29)28-14-12-27(13-15-28)21-16-20(23-17-24-21)26-10-8-25(2)9-11-26/h3-7,16-18H,8-15H2,1-2H3. The second kappa shape index (κ2) is 9.30. The van der Waals surface area contributed by atoms with Gasteiger partial charge in [0.05, 0.1) is 0 Å². The number of hydrogen-bond donors (Lipinski definition) is 0. The Bertz CT molecular complexity index is 833. The first-order chi connectivity index (χ1) is 14.6. The molecule has 0 bridgehead atoms. The number of carbonyl (C=O) groups is 1. The van der Waals surface area contributed by atoms with Crippen LogP contribution in [0, 0.1) is 0 Å². The Balaban J connectivity index is 1.32. The fourth-order valence-electron chi connectivity index (χ4n) is 3.89. The van der Waals surface area contributed by atoms with Crippen LogP contribution >= 0.6 is 0 Å². The molecule has 30 heavy (non-hydrogen) atoms. The quantitative estimate of drug-likeness (QED) is 0.737. The molecule has 0 saturated carbocycles. The predicted molar refractivity (Wildman–Crippen MR) is 117 cm³/mol. The third kappa shape index (κ3) is 4.81. The molecule has 1 amide bonds. The zero-order valence-corrected chi connectivity index (χ0v) is 17.8. The Hall–Kier alpha value is -2.87. The zero-order chi connectivity index (χ0) is 20.9. The topological polar surface area (TPSA) is 65.0 Å². The molecule has 2 fully saturated rings. The largest absolute Gasteiger partial charge is 0.481 e. The number of rotatable bonds is 5. The van der Waals surface area contributed by atoms with E-state index in [2.05, 4.69) is 37.8 Å². The molecule has 3 heterocycles. The summed E-state index contributed by atoms with van der Waals surface area (Å²) in [5.74, 6) is 2.66. The van der Waals surface area contributed by atoms with Crippen molar-refractivity contribution in [1.29, 1.82) is 0 Å². The lowest BCUT2D eigenvalue weighted by Crippen LogP contribution is -2.52. The molecule has 2 aliphatic heterocycles. The van der Waals surface area contributed by atoms with Crippen molar-refractivity contribution < 1.29 is 9.53 Å². The van der Waals surface area contributed by atoms with Crippen LogP contribution < -0.4 is 14.5 Å². The summed E-state index contributed by atoms with van der Waals surface area (Å²) in [7, 11) is 2.15. The molecule has 0 aliphatic carbocycles. The second-order valence-corrected chi connectivity index (χ2v) is 7.91. The lowest BCUT2D eigenvalue weighted by atomic mass is 10.2. The van der Waals surface area contributed by atoms with Gasteiger partial charge in [0.15, 0.2) is 6.10 Å². The summed E-state index contributed by atoms with van der Waals surface area (Å²) in [5.41, 5.74) is 0. The maximum atomic E-state index is 12.8. The van der Waals surface area contributed by atoms with Crippen molar-refractivity contribution in [3.05, 3.63) is 42.7 Å². The van der Waals surface area contributed by atoms with E-state index < -0.39 is 6.10 Å². The van der Waals surface area contributed by atoms with Gasteiger partial charge in [0, 0.05) is 58.4 Å². The molecule has 160 valence electrons. The molecule has 8 nitrogen and oxygen atoms in total. The van der Waals surface area contributed by atoms with Gasteiger partial charge < -0.3 is 24.3 Å². The minimum atomic E-state index is -0.498. The van der Waals surface area contributed by atoms with Crippen molar-refractivity contribution in [2.24, 2.45) is 0 Å². The zero-order valence-electron chi connectivity index (χ0n) is 17.8. The van der Waals surface area contributed by atoms with Gasteiger partial charge in [0.25, 0.3) is 5.91 Å². The van der Waals surface area contributed by atoms with Crippen LogP contribution in [0.2, 0.25) is 0 Å². The third-order valence-electron chi connectivity index (χ3n) is 5.78. The van der Waals surface area contributed by atoms with E-state index in [4.69, 9.17) is 4.74 Å².